The minimum Gasteiger partial charge on any atom is -0.396 e. The number of benzene rings is 1. The fourth-order valence-electron chi connectivity index (χ4n) is 2.25. The fourth-order valence-corrected chi connectivity index (χ4v) is 2.25. The highest BCUT2D eigenvalue weighted by atomic mass is 16.3. The third kappa shape index (κ3) is 1.68. The van der Waals surface area contributed by atoms with Crippen LogP contribution in [0.1, 0.15) is 6.42 Å². The van der Waals surface area contributed by atoms with Gasteiger partial charge in [0.1, 0.15) is 0 Å². The lowest BCUT2D eigenvalue weighted by Gasteiger charge is -2.16. The first kappa shape index (κ1) is 10.3. The number of aliphatic hydroxyl groups excluding tert-OH is 1. The molecule has 3 rings (SSSR count). The molecule has 5 heteroatoms. The number of amides is 1. The van der Waals surface area contributed by atoms with Crippen LogP contribution in [0.15, 0.2) is 24.4 Å². The molecular formula is C12H13N3O2. The van der Waals surface area contributed by atoms with E-state index in [9.17, 15) is 4.79 Å². The van der Waals surface area contributed by atoms with E-state index in [1.165, 1.54) is 0 Å². The Morgan fingerprint density at radius 1 is 1.53 bits per heavy atom. The van der Waals surface area contributed by atoms with Gasteiger partial charge in [-0.05, 0) is 18.2 Å². The van der Waals surface area contributed by atoms with E-state index in [0.717, 1.165) is 16.6 Å². The summed E-state index contributed by atoms with van der Waals surface area (Å²) in [4.78, 5) is 13.5. The molecule has 88 valence electrons. The molecule has 2 N–H and O–H groups in total. The maximum Gasteiger partial charge on any atom is 0.227 e. The first-order valence-electron chi connectivity index (χ1n) is 5.62. The maximum absolute atomic E-state index is 11.8. The van der Waals surface area contributed by atoms with Crippen molar-refractivity contribution in [3.8, 4) is 0 Å². The number of fused-ring (bicyclic) bond motifs is 1. The normalized spacial score (nSPS) is 20.4. The average molecular weight is 231 g/mol. The number of carbonyl (C=O) groups excluding carboxylic acids is 1. The molecule has 1 unspecified atom stereocenters. The number of hydrogen-bond acceptors (Lipinski definition) is 3. The van der Waals surface area contributed by atoms with E-state index in [-0.39, 0.29) is 18.4 Å². The van der Waals surface area contributed by atoms with E-state index >= 15 is 0 Å². The molecule has 17 heavy (non-hydrogen) atoms. The van der Waals surface area contributed by atoms with Crippen LogP contribution in [0.4, 0.5) is 5.69 Å². The van der Waals surface area contributed by atoms with Crippen LogP contribution >= 0.6 is 0 Å². The molecule has 5 nitrogen and oxygen atoms in total. The van der Waals surface area contributed by atoms with Gasteiger partial charge in [-0.15, -0.1) is 0 Å². The third-order valence-electron chi connectivity index (χ3n) is 3.20. The predicted molar refractivity (Wildman–Crippen MR) is 63.6 cm³/mol. The summed E-state index contributed by atoms with van der Waals surface area (Å²) in [5, 5.41) is 17.0. The first-order valence-corrected chi connectivity index (χ1v) is 5.62. The van der Waals surface area contributed by atoms with Crippen LogP contribution < -0.4 is 4.90 Å². The molecule has 2 heterocycles. The minimum absolute atomic E-state index is 0.0555. The van der Waals surface area contributed by atoms with E-state index in [0.29, 0.717) is 13.0 Å². The van der Waals surface area contributed by atoms with Gasteiger partial charge >= 0.3 is 0 Å². The Morgan fingerprint density at radius 3 is 3.18 bits per heavy atom. The summed E-state index contributed by atoms with van der Waals surface area (Å²) in [6.45, 7) is 0.656. The number of H-pyrrole nitrogens is 1. The van der Waals surface area contributed by atoms with Gasteiger partial charge in [-0.2, -0.15) is 5.10 Å². The zero-order valence-electron chi connectivity index (χ0n) is 9.26. The standard InChI is InChI=1S/C12H13N3O2/c16-7-8-3-12(17)15(6-8)10-2-1-9-5-13-14-11(9)4-10/h1-2,4-5,8,16H,3,6-7H2,(H,13,14). The van der Waals surface area contributed by atoms with E-state index in [4.69, 9.17) is 5.11 Å². The van der Waals surface area contributed by atoms with Gasteiger partial charge in [-0.25, -0.2) is 0 Å². The number of hydrogen-bond donors (Lipinski definition) is 2. The van der Waals surface area contributed by atoms with Crippen LogP contribution in [-0.2, 0) is 4.79 Å². The van der Waals surface area contributed by atoms with Crippen molar-refractivity contribution in [3.05, 3.63) is 24.4 Å². The van der Waals surface area contributed by atoms with E-state index in [1.54, 1.807) is 11.1 Å². The number of anilines is 1. The Hall–Kier alpha value is -1.88. The fraction of sp³-hybridized carbons (Fsp3) is 0.333. The lowest BCUT2D eigenvalue weighted by molar-refractivity contribution is -0.117. The number of aromatic nitrogens is 2. The quantitative estimate of drug-likeness (QED) is 0.807. The summed E-state index contributed by atoms with van der Waals surface area (Å²) in [5.74, 6) is 0.128. The Labute approximate surface area is 98.0 Å². The van der Waals surface area contributed by atoms with Crippen LogP contribution in [0, 0.1) is 5.92 Å². The highest BCUT2D eigenvalue weighted by Crippen LogP contribution is 2.27. The molecule has 0 radical (unpaired) electrons. The molecule has 0 spiro atoms. The van der Waals surface area contributed by atoms with Gasteiger partial charge in [0.25, 0.3) is 0 Å². The zero-order chi connectivity index (χ0) is 11.8. The number of aliphatic hydroxyl groups is 1. The van der Waals surface area contributed by atoms with E-state index in [1.807, 2.05) is 18.2 Å². The van der Waals surface area contributed by atoms with Gasteiger partial charge in [-0.3, -0.25) is 9.89 Å². The molecule has 0 bridgehead atoms. The molecule has 0 saturated carbocycles. The number of nitrogens with zero attached hydrogens (tertiary/aromatic N) is 2. The van der Waals surface area contributed by atoms with Crippen LogP contribution in [0.25, 0.3) is 10.9 Å². The molecular weight excluding hydrogens is 218 g/mol. The van der Waals surface area contributed by atoms with Crippen LogP contribution in [0.5, 0.6) is 0 Å². The van der Waals surface area contributed by atoms with Crippen molar-refractivity contribution in [2.24, 2.45) is 5.92 Å². The van der Waals surface area contributed by atoms with Gasteiger partial charge in [0.15, 0.2) is 0 Å². The number of aromatic amines is 1. The second-order valence-electron chi connectivity index (χ2n) is 4.40. The molecule has 1 aliphatic rings. The monoisotopic (exact) mass is 231 g/mol. The van der Waals surface area contributed by atoms with Crippen molar-refractivity contribution in [1.29, 1.82) is 0 Å². The van der Waals surface area contributed by atoms with Gasteiger partial charge in [0.05, 0.1) is 11.7 Å². The molecule has 1 saturated heterocycles. The van der Waals surface area contributed by atoms with Crippen molar-refractivity contribution in [2.75, 3.05) is 18.1 Å². The second kappa shape index (κ2) is 3.85. The highest BCUT2D eigenvalue weighted by molar-refractivity contribution is 5.97. The topological polar surface area (TPSA) is 69.2 Å². The minimum atomic E-state index is 0.0555. The lowest BCUT2D eigenvalue weighted by Crippen LogP contribution is -2.24. The predicted octanol–water partition coefficient (Wildman–Crippen LogP) is 0.908. The van der Waals surface area contributed by atoms with Crippen molar-refractivity contribution >= 4 is 22.5 Å². The Bertz CT molecular complexity index is 564. The smallest absolute Gasteiger partial charge is 0.227 e. The second-order valence-corrected chi connectivity index (χ2v) is 4.40. The van der Waals surface area contributed by atoms with Crippen molar-refractivity contribution < 1.29 is 9.90 Å². The van der Waals surface area contributed by atoms with Crippen LogP contribution in [0.2, 0.25) is 0 Å². The SMILES string of the molecule is O=C1CC(CO)CN1c1ccc2cn[nH]c2c1. The summed E-state index contributed by atoms with van der Waals surface area (Å²) in [5.41, 5.74) is 1.78. The van der Waals surface area contributed by atoms with E-state index in [2.05, 4.69) is 10.2 Å². The highest BCUT2D eigenvalue weighted by Gasteiger charge is 2.30. The molecule has 2 aromatic rings. The van der Waals surface area contributed by atoms with Gasteiger partial charge in [0, 0.05) is 36.6 Å². The van der Waals surface area contributed by atoms with E-state index < -0.39 is 0 Å². The summed E-state index contributed by atoms with van der Waals surface area (Å²) in [6.07, 6.45) is 2.18. The Balaban J connectivity index is 1.95. The molecule has 1 aromatic heterocycles. The molecule has 1 amide bonds. The number of nitrogens with one attached hydrogen (secondary N) is 1. The largest absolute Gasteiger partial charge is 0.396 e. The molecule has 1 fully saturated rings. The average Bonchev–Trinajstić information content (AvgIpc) is 2.93. The molecule has 0 aliphatic carbocycles. The molecule has 1 aliphatic heterocycles. The molecule has 1 atom stereocenters. The van der Waals surface area contributed by atoms with Gasteiger partial charge < -0.3 is 10.0 Å². The Morgan fingerprint density at radius 2 is 2.41 bits per heavy atom. The Kier molecular flexibility index (Phi) is 2.33. The van der Waals surface area contributed by atoms with Crippen molar-refractivity contribution in [2.45, 2.75) is 6.42 Å². The summed E-state index contributed by atoms with van der Waals surface area (Å²) in [6, 6.07) is 5.77. The van der Waals surface area contributed by atoms with Crippen molar-refractivity contribution in [3.63, 3.8) is 0 Å². The van der Waals surface area contributed by atoms with Gasteiger partial charge in [0.2, 0.25) is 5.91 Å². The third-order valence-corrected chi connectivity index (χ3v) is 3.20. The first-order chi connectivity index (χ1) is 8.28. The summed E-state index contributed by atoms with van der Waals surface area (Å²) >= 11 is 0. The van der Waals surface area contributed by atoms with Crippen molar-refractivity contribution in [1.82, 2.24) is 10.2 Å². The van der Waals surface area contributed by atoms with Crippen LogP contribution in [0.3, 0.4) is 0 Å². The summed E-state index contributed by atoms with van der Waals surface area (Å²) < 4.78 is 0. The lowest BCUT2D eigenvalue weighted by atomic mass is 10.1. The summed E-state index contributed by atoms with van der Waals surface area (Å²) in [7, 11) is 0. The maximum atomic E-state index is 11.8. The molecule has 1 aromatic carbocycles. The van der Waals surface area contributed by atoms with Crippen LogP contribution in [-0.4, -0.2) is 34.4 Å². The number of rotatable bonds is 2. The zero-order valence-corrected chi connectivity index (χ0v) is 9.26. The van der Waals surface area contributed by atoms with Gasteiger partial charge in [-0.1, -0.05) is 0 Å². The number of carbonyl (C=O) groups is 1.